The second kappa shape index (κ2) is 5.79. The Morgan fingerprint density at radius 2 is 1.90 bits per heavy atom. The van der Waals surface area contributed by atoms with Crippen molar-refractivity contribution in [3.63, 3.8) is 0 Å². The Balaban J connectivity index is 2.24. The van der Waals surface area contributed by atoms with Crippen molar-refractivity contribution in [2.75, 3.05) is 0 Å². The zero-order valence-corrected chi connectivity index (χ0v) is 11.7. The summed E-state index contributed by atoms with van der Waals surface area (Å²) in [4.78, 5) is 23.7. The molecular formula is C15H17F2NO3. The summed E-state index contributed by atoms with van der Waals surface area (Å²) >= 11 is 0. The summed E-state index contributed by atoms with van der Waals surface area (Å²) in [5.74, 6) is -3.47. The van der Waals surface area contributed by atoms with Gasteiger partial charge in [0.25, 0.3) is 5.91 Å². The number of carboxylic acids is 1. The van der Waals surface area contributed by atoms with E-state index >= 15 is 0 Å². The van der Waals surface area contributed by atoms with Crippen LogP contribution in [-0.4, -0.2) is 22.5 Å². The monoisotopic (exact) mass is 297 g/mol. The summed E-state index contributed by atoms with van der Waals surface area (Å²) in [6.07, 6.45) is 2.22. The lowest BCUT2D eigenvalue weighted by molar-refractivity contribution is -0.146. The van der Waals surface area contributed by atoms with E-state index in [-0.39, 0.29) is 11.5 Å². The number of benzene rings is 1. The summed E-state index contributed by atoms with van der Waals surface area (Å²) in [7, 11) is 0. The number of carboxylic acid groups (broad SMARTS) is 1. The normalized spacial score (nSPS) is 25.4. The van der Waals surface area contributed by atoms with E-state index in [1.165, 1.54) is 0 Å². The van der Waals surface area contributed by atoms with Crippen LogP contribution in [0.3, 0.4) is 0 Å². The van der Waals surface area contributed by atoms with E-state index < -0.39 is 29.0 Å². The fraction of sp³-hybridized carbons (Fsp3) is 0.467. The third-order valence-corrected chi connectivity index (χ3v) is 3.88. The van der Waals surface area contributed by atoms with Gasteiger partial charge in [0.15, 0.2) is 0 Å². The Hall–Kier alpha value is -1.98. The molecule has 2 atom stereocenters. The van der Waals surface area contributed by atoms with E-state index in [0.29, 0.717) is 25.3 Å². The van der Waals surface area contributed by atoms with E-state index in [1.807, 2.05) is 6.92 Å². The molecule has 0 aliphatic heterocycles. The van der Waals surface area contributed by atoms with Crippen LogP contribution in [0.5, 0.6) is 0 Å². The number of hydrogen-bond donors (Lipinski definition) is 2. The second-order valence-corrected chi connectivity index (χ2v) is 5.70. The number of carbonyl (C=O) groups excluding carboxylic acids is 1. The lowest BCUT2D eigenvalue weighted by Crippen LogP contribution is -2.56. The third kappa shape index (κ3) is 3.37. The van der Waals surface area contributed by atoms with Crippen LogP contribution in [0.25, 0.3) is 0 Å². The number of rotatable bonds is 3. The number of hydrogen-bond acceptors (Lipinski definition) is 2. The van der Waals surface area contributed by atoms with Gasteiger partial charge < -0.3 is 10.4 Å². The number of nitrogens with one attached hydrogen (secondary N) is 1. The molecule has 0 saturated heterocycles. The summed E-state index contributed by atoms with van der Waals surface area (Å²) in [6, 6.07) is 2.44. The fourth-order valence-corrected chi connectivity index (χ4v) is 2.89. The lowest BCUT2D eigenvalue weighted by Gasteiger charge is -2.37. The summed E-state index contributed by atoms with van der Waals surface area (Å²) < 4.78 is 26.3. The quantitative estimate of drug-likeness (QED) is 0.901. The van der Waals surface area contributed by atoms with Crippen molar-refractivity contribution >= 4 is 11.9 Å². The van der Waals surface area contributed by atoms with Crippen molar-refractivity contribution in [1.29, 1.82) is 0 Å². The first-order valence-corrected chi connectivity index (χ1v) is 6.84. The molecule has 1 amide bonds. The molecule has 1 aromatic carbocycles. The smallest absolute Gasteiger partial charge is 0.329 e. The van der Waals surface area contributed by atoms with Gasteiger partial charge in [0.1, 0.15) is 17.2 Å². The van der Waals surface area contributed by atoms with Crippen molar-refractivity contribution in [3.8, 4) is 0 Å². The van der Waals surface area contributed by atoms with Gasteiger partial charge in [-0.2, -0.15) is 0 Å². The van der Waals surface area contributed by atoms with Crippen LogP contribution in [0.15, 0.2) is 18.2 Å². The van der Waals surface area contributed by atoms with E-state index in [9.17, 15) is 23.5 Å². The molecule has 21 heavy (non-hydrogen) atoms. The largest absolute Gasteiger partial charge is 0.480 e. The molecule has 2 N–H and O–H groups in total. The molecule has 4 nitrogen and oxygen atoms in total. The maximum Gasteiger partial charge on any atom is 0.329 e. The first-order valence-electron chi connectivity index (χ1n) is 6.84. The molecule has 1 saturated carbocycles. The summed E-state index contributed by atoms with van der Waals surface area (Å²) in [5, 5.41) is 11.9. The molecule has 1 aliphatic rings. The van der Waals surface area contributed by atoms with Crippen molar-refractivity contribution < 1.29 is 23.5 Å². The van der Waals surface area contributed by atoms with Gasteiger partial charge in [-0.25, -0.2) is 13.6 Å². The molecular weight excluding hydrogens is 280 g/mol. The second-order valence-electron chi connectivity index (χ2n) is 5.70. The van der Waals surface area contributed by atoms with Crippen molar-refractivity contribution in [3.05, 3.63) is 35.4 Å². The Kier molecular flexibility index (Phi) is 4.25. The molecule has 0 bridgehead atoms. The van der Waals surface area contributed by atoms with Crippen LogP contribution in [-0.2, 0) is 4.79 Å². The average molecular weight is 297 g/mol. The number of aliphatic carboxylic acids is 1. The molecule has 1 aromatic rings. The minimum absolute atomic E-state index is 0.166. The molecule has 2 rings (SSSR count). The molecule has 2 unspecified atom stereocenters. The molecule has 0 spiro atoms. The molecule has 0 radical (unpaired) electrons. The van der Waals surface area contributed by atoms with E-state index in [0.717, 1.165) is 18.6 Å². The zero-order chi connectivity index (χ0) is 15.6. The molecule has 1 fully saturated rings. The minimum atomic E-state index is -1.36. The van der Waals surface area contributed by atoms with Gasteiger partial charge in [-0.05, 0) is 30.9 Å². The van der Waals surface area contributed by atoms with Gasteiger partial charge in [-0.1, -0.05) is 19.8 Å². The Morgan fingerprint density at radius 3 is 2.43 bits per heavy atom. The van der Waals surface area contributed by atoms with Crippen LogP contribution >= 0.6 is 0 Å². The number of amides is 1. The zero-order valence-electron chi connectivity index (χ0n) is 11.7. The maximum atomic E-state index is 13.1. The molecule has 0 heterocycles. The Bertz CT molecular complexity index is 556. The highest BCUT2D eigenvalue weighted by molar-refractivity contribution is 5.97. The SMILES string of the molecule is CC1CCCC(NC(=O)c2cc(F)cc(F)c2)(C(=O)O)C1. The van der Waals surface area contributed by atoms with Crippen molar-refractivity contribution in [1.82, 2.24) is 5.32 Å². The summed E-state index contributed by atoms with van der Waals surface area (Å²) in [5.41, 5.74) is -1.58. The van der Waals surface area contributed by atoms with Gasteiger partial charge in [0.2, 0.25) is 0 Å². The highest BCUT2D eigenvalue weighted by Gasteiger charge is 2.43. The number of halogens is 2. The first-order chi connectivity index (χ1) is 9.82. The van der Waals surface area contributed by atoms with Gasteiger partial charge in [0.05, 0.1) is 0 Å². The van der Waals surface area contributed by atoms with Crippen LogP contribution < -0.4 is 5.32 Å². The topological polar surface area (TPSA) is 66.4 Å². The minimum Gasteiger partial charge on any atom is -0.480 e. The molecule has 114 valence electrons. The predicted molar refractivity (Wildman–Crippen MR) is 71.8 cm³/mol. The fourth-order valence-electron chi connectivity index (χ4n) is 2.89. The van der Waals surface area contributed by atoms with E-state index in [2.05, 4.69) is 5.32 Å². The Labute approximate surface area is 121 Å². The average Bonchev–Trinajstić information content (AvgIpc) is 2.37. The van der Waals surface area contributed by atoms with Crippen LogP contribution in [0.4, 0.5) is 8.78 Å². The van der Waals surface area contributed by atoms with E-state index in [4.69, 9.17) is 0 Å². The molecule has 0 aromatic heterocycles. The van der Waals surface area contributed by atoms with Crippen LogP contribution in [0.2, 0.25) is 0 Å². The highest BCUT2D eigenvalue weighted by atomic mass is 19.1. The standard InChI is InChI=1S/C15H17F2NO3/c1-9-3-2-4-15(8-9,14(20)21)18-13(19)10-5-11(16)7-12(17)6-10/h5-7,9H,2-4,8H2,1H3,(H,18,19)(H,20,21). The summed E-state index contributed by atoms with van der Waals surface area (Å²) in [6.45, 7) is 1.92. The van der Waals surface area contributed by atoms with Gasteiger partial charge in [0, 0.05) is 11.6 Å². The highest BCUT2D eigenvalue weighted by Crippen LogP contribution is 2.32. The molecule has 1 aliphatic carbocycles. The third-order valence-electron chi connectivity index (χ3n) is 3.88. The van der Waals surface area contributed by atoms with E-state index in [1.54, 1.807) is 0 Å². The van der Waals surface area contributed by atoms with Crippen molar-refractivity contribution in [2.24, 2.45) is 5.92 Å². The van der Waals surface area contributed by atoms with Crippen LogP contribution in [0, 0.1) is 17.6 Å². The van der Waals surface area contributed by atoms with Gasteiger partial charge in [-0.15, -0.1) is 0 Å². The predicted octanol–water partition coefficient (Wildman–Crippen LogP) is 2.73. The molecule has 6 heteroatoms. The lowest BCUT2D eigenvalue weighted by atomic mass is 9.76. The van der Waals surface area contributed by atoms with Gasteiger partial charge in [-0.3, -0.25) is 4.79 Å². The van der Waals surface area contributed by atoms with Crippen LogP contribution in [0.1, 0.15) is 43.0 Å². The maximum absolute atomic E-state index is 13.1. The Morgan fingerprint density at radius 1 is 1.29 bits per heavy atom. The first kappa shape index (κ1) is 15.4. The van der Waals surface area contributed by atoms with Crippen molar-refractivity contribution in [2.45, 2.75) is 38.1 Å². The number of carbonyl (C=O) groups is 2. The van der Waals surface area contributed by atoms with Gasteiger partial charge >= 0.3 is 5.97 Å².